The normalized spacial score (nSPS) is 11.9. The first-order valence-corrected chi connectivity index (χ1v) is 21.2. The molecule has 0 saturated heterocycles. The average Bonchev–Trinajstić information content (AvgIpc) is 4.14. The SMILES string of the molecule is COc1ccc2c3ccc4ccc(C)cc4c3n3c4oc5ccccc5c4c1c23.COc1ccc2cccc(-n3c4oc5ccccc5c4c4c(OC)ccc(Cl)c43)c2c1.[2H]CC(C)=O. The van der Waals surface area contributed by atoms with Gasteiger partial charge in [-0.1, -0.05) is 96.0 Å². The van der Waals surface area contributed by atoms with Crippen molar-refractivity contribution in [1.29, 1.82) is 0 Å². The number of furan rings is 2. The molecule has 0 atom stereocenters. The van der Waals surface area contributed by atoms with Crippen molar-refractivity contribution in [2.75, 3.05) is 21.3 Å². The van der Waals surface area contributed by atoms with Crippen LogP contribution in [0.15, 0.2) is 148 Å². The largest absolute Gasteiger partial charge is 0.497 e. The number of fused-ring (bicyclic) bond motifs is 16. The number of aryl methyl sites for hydroxylation is 1. The maximum atomic E-state index is 9.62. The summed E-state index contributed by atoms with van der Waals surface area (Å²) in [4.78, 5) is 9.62. The molecule has 0 aliphatic carbocycles. The van der Waals surface area contributed by atoms with Gasteiger partial charge in [-0.2, -0.15) is 0 Å². The zero-order chi connectivity index (χ0) is 44.7. The molecule has 64 heavy (non-hydrogen) atoms. The molecule has 5 heterocycles. The molecule has 5 aromatic heterocycles. The second-order valence-corrected chi connectivity index (χ2v) is 16.4. The summed E-state index contributed by atoms with van der Waals surface area (Å²) in [5.41, 5.74) is 8.80. The Morgan fingerprint density at radius 3 is 1.86 bits per heavy atom. The number of Topliss-reactive ketones (excluding diaryl/α,β-unsaturated/α-hetero) is 1. The Morgan fingerprint density at radius 1 is 0.562 bits per heavy atom. The number of halogens is 1. The Labute approximate surface area is 373 Å². The minimum absolute atomic E-state index is 0.0787. The first-order valence-electron chi connectivity index (χ1n) is 21.6. The highest BCUT2D eigenvalue weighted by atomic mass is 35.5. The second-order valence-electron chi connectivity index (χ2n) is 16.0. The van der Waals surface area contributed by atoms with Gasteiger partial charge in [0, 0.05) is 33.7 Å². The van der Waals surface area contributed by atoms with E-state index >= 15 is 0 Å². The Kier molecular flexibility index (Phi) is 8.91. The van der Waals surface area contributed by atoms with E-state index in [2.05, 4.69) is 94.8 Å². The molecular weight excluding hydrogens is 820 g/mol. The lowest BCUT2D eigenvalue weighted by Crippen LogP contribution is -1.96. The number of para-hydroxylation sites is 2. The van der Waals surface area contributed by atoms with Gasteiger partial charge in [-0.25, -0.2) is 0 Å². The monoisotopic (exact) mass is 861 g/mol. The molecule has 0 bridgehead atoms. The predicted octanol–water partition coefficient (Wildman–Crippen LogP) is 15.0. The molecule has 0 N–H and O–H groups in total. The lowest BCUT2D eigenvalue weighted by Gasteiger charge is -2.12. The van der Waals surface area contributed by atoms with Crippen molar-refractivity contribution in [1.82, 2.24) is 8.97 Å². The number of carbonyl (C=O) groups excluding carboxylic acids is 1. The van der Waals surface area contributed by atoms with Crippen LogP contribution in [0.25, 0.3) is 109 Å². The number of benzene rings is 8. The topological polar surface area (TPSA) is 80.4 Å². The van der Waals surface area contributed by atoms with Crippen LogP contribution in [0.3, 0.4) is 0 Å². The smallest absolute Gasteiger partial charge is 0.214 e. The van der Waals surface area contributed by atoms with E-state index < -0.39 is 0 Å². The highest BCUT2D eigenvalue weighted by Gasteiger charge is 2.27. The molecule has 0 radical (unpaired) electrons. The van der Waals surface area contributed by atoms with Crippen molar-refractivity contribution in [3.8, 4) is 22.9 Å². The summed E-state index contributed by atoms with van der Waals surface area (Å²) in [6.45, 7) is 3.46. The minimum atomic E-state index is -0.0833. The van der Waals surface area contributed by atoms with Gasteiger partial charge in [-0.3, -0.25) is 8.97 Å². The van der Waals surface area contributed by atoms with Gasteiger partial charge in [0.2, 0.25) is 11.4 Å². The van der Waals surface area contributed by atoms with Crippen molar-refractivity contribution in [2.24, 2.45) is 0 Å². The van der Waals surface area contributed by atoms with Crippen molar-refractivity contribution in [3.63, 3.8) is 0 Å². The molecule has 0 aliphatic rings. The molecule has 0 amide bonds. The summed E-state index contributed by atoms with van der Waals surface area (Å²) in [6.07, 6.45) is 0. The van der Waals surface area contributed by atoms with Crippen molar-refractivity contribution in [2.45, 2.75) is 20.7 Å². The standard InChI is InChI=1S/C26H18ClNO3.C26H17NO2.C3H6O/c1-29-16-11-10-15-6-5-8-20(18(15)14-16)28-25-19(27)12-13-22(30-2)24(25)23-17-7-3-4-9-21(17)31-26(23)28;1-14-7-8-15-9-10-16-17-11-12-21(28-2)23-22-18-5-3-4-6-20(18)29-26(22)27(25(17)23)24(16)19(15)13-14;1-3(2)4/h3-14H,1-2H3;3-13H,1-2H3;1-2H3/i;;1D. The molecular formula is C55H41ClN2O6. The summed E-state index contributed by atoms with van der Waals surface area (Å²) in [5.74, 6) is 2.35. The molecule has 0 fully saturated rings. The summed E-state index contributed by atoms with van der Waals surface area (Å²) in [6, 6.07) is 47.7. The van der Waals surface area contributed by atoms with Gasteiger partial charge in [0.15, 0.2) is 0 Å². The van der Waals surface area contributed by atoms with Crippen LogP contribution in [-0.4, -0.2) is 36.1 Å². The van der Waals surface area contributed by atoms with E-state index in [1.54, 1.807) is 21.3 Å². The van der Waals surface area contributed by atoms with E-state index in [0.717, 1.165) is 94.1 Å². The molecule has 0 saturated carbocycles. The molecule has 0 spiro atoms. The first kappa shape index (κ1) is 38.0. The molecule has 8 aromatic carbocycles. The van der Waals surface area contributed by atoms with Crippen LogP contribution in [0.5, 0.6) is 17.2 Å². The Bertz CT molecular complexity index is 4030. The lowest BCUT2D eigenvalue weighted by molar-refractivity contribution is -0.115. The third kappa shape index (κ3) is 5.79. The number of hydrogen-bond donors (Lipinski definition) is 0. The molecule has 13 rings (SSSR count). The van der Waals surface area contributed by atoms with Gasteiger partial charge in [-0.05, 0) is 92.2 Å². The van der Waals surface area contributed by atoms with E-state index in [0.29, 0.717) is 5.02 Å². The first-order chi connectivity index (χ1) is 31.7. The van der Waals surface area contributed by atoms with Gasteiger partial charge in [-0.15, -0.1) is 0 Å². The van der Waals surface area contributed by atoms with E-state index in [4.69, 9.17) is 36.0 Å². The fourth-order valence-electron chi connectivity index (χ4n) is 9.55. The van der Waals surface area contributed by atoms with E-state index in [9.17, 15) is 4.79 Å². The lowest BCUT2D eigenvalue weighted by atomic mass is 10.0. The number of hydrogen-bond acceptors (Lipinski definition) is 6. The summed E-state index contributed by atoms with van der Waals surface area (Å²) >= 11 is 6.79. The molecule has 8 nitrogen and oxygen atoms in total. The van der Waals surface area contributed by atoms with Crippen LogP contribution in [0, 0.1) is 6.92 Å². The van der Waals surface area contributed by atoms with Crippen LogP contribution in [0.2, 0.25) is 5.02 Å². The van der Waals surface area contributed by atoms with E-state index in [-0.39, 0.29) is 12.7 Å². The third-order valence-electron chi connectivity index (χ3n) is 12.1. The van der Waals surface area contributed by atoms with Crippen molar-refractivity contribution < 1.29 is 29.2 Å². The molecule has 13 aromatic rings. The zero-order valence-electron chi connectivity index (χ0n) is 36.7. The quantitative estimate of drug-likeness (QED) is 0.175. The number of carbonyl (C=O) groups is 1. The molecule has 9 heteroatoms. The fraction of sp³-hybridized carbons (Fsp3) is 0.109. The average molecular weight is 862 g/mol. The number of ether oxygens (including phenoxy) is 3. The van der Waals surface area contributed by atoms with Gasteiger partial charge >= 0.3 is 0 Å². The molecule has 0 unspecified atom stereocenters. The zero-order valence-corrected chi connectivity index (χ0v) is 36.5. The van der Waals surface area contributed by atoms with Gasteiger partial charge in [0.25, 0.3) is 0 Å². The minimum Gasteiger partial charge on any atom is -0.497 e. The van der Waals surface area contributed by atoms with Crippen molar-refractivity contribution >= 4 is 121 Å². The van der Waals surface area contributed by atoms with E-state index in [1.807, 2.05) is 60.7 Å². The fourth-order valence-corrected chi connectivity index (χ4v) is 9.80. The second kappa shape index (κ2) is 15.0. The number of methoxy groups -OCH3 is 3. The van der Waals surface area contributed by atoms with Crippen LogP contribution in [0.4, 0.5) is 0 Å². The number of rotatable bonds is 4. The van der Waals surface area contributed by atoms with Crippen molar-refractivity contribution in [3.05, 3.63) is 150 Å². The molecule has 0 aliphatic heterocycles. The predicted molar refractivity (Wildman–Crippen MR) is 262 cm³/mol. The maximum absolute atomic E-state index is 9.62. The maximum Gasteiger partial charge on any atom is 0.214 e. The van der Waals surface area contributed by atoms with Crippen LogP contribution >= 0.6 is 11.6 Å². The molecule has 314 valence electrons. The van der Waals surface area contributed by atoms with Crippen LogP contribution in [0.1, 0.15) is 20.8 Å². The van der Waals surface area contributed by atoms with Gasteiger partial charge in [0.1, 0.15) is 34.2 Å². The Morgan fingerprint density at radius 2 is 1.16 bits per heavy atom. The van der Waals surface area contributed by atoms with E-state index in [1.165, 1.54) is 45.1 Å². The summed E-state index contributed by atoms with van der Waals surface area (Å²) in [5, 5.41) is 14.1. The summed E-state index contributed by atoms with van der Waals surface area (Å²) < 4.78 is 40.6. The van der Waals surface area contributed by atoms with Crippen LogP contribution < -0.4 is 14.2 Å². The van der Waals surface area contributed by atoms with Gasteiger partial charge in [0.05, 0.1) is 70.1 Å². The number of aromatic nitrogens is 2. The summed E-state index contributed by atoms with van der Waals surface area (Å²) in [7, 11) is 5.09. The van der Waals surface area contributed by atoms with Crippen LogP contribution in [-0.2, 0) is 4.79 Å². The highest BCUT2D eigenvalue weighted by molar-refractivity contribution is 6.38. The highest BCUT2D eigenvalue weighted by Crippen LogP contribution is 2.49. The Hall–Kier alpha value is -7.68. The van der Waals surface area contributed by atoms with Gasteiger partial charge < -0.3 is 27.8 Å². The number of nitrogens with zero attached hydrogens (tertiary/aromatic N) is 2. The Balaban J connectivity index is 0.000000131. The third-order valence-corrected chi connectivity index (χ3v) is 12.5. The number of ketones is 1.